The van der Waals surface area contributed by atoms with E-state index in [1.807, 2.05) is 20.8 Å². The van der Waals surface area contributed by atoms with Crippen LogP contribution < -0.4 is 10.6 Å². The van der Waals surface area contributed by atoms with Crippen LogP contribution in [0.2, 0.25) is 5.02 Å². The molecule has 0 aromatic heterocycles. The Kier molecular flexibility index (Phi) is 5.18. The van der Waals surface area contributed by atoms with Gasteiger partial charge in [0, 0.05) is 10.6 Å². The average Bonchev–Trinajstić information content (AvgIpc) is 2.33. The summed E-state index contributed by atoms with van der Waals surface area (Å²) in [5, 5.41) is 6.15. The first kappa shape index (κ1) is 15.8. The van der Waals surface area contributed by atoms with Gasteiger partial charge in [0.15, 0.2) is 0 Å². The van der Waals surface area contributed by atoms with Crippen LogP contribution in [-0.2, 0) is 4.79 Å². The fraction of sp³-hybridized carbons (Fsp3) is 0.500. The van der Waals surface area contributed by atoms with Gasteiger partial charge in [-0.3, -0.25) is 4.79 Å². The van der Waals surface area contributed by atoms with Crippen molar-refractivity contribution in [3.05, 3.63) is 29.0 Å². The fourth-order valence-electron chi connectivity index (χ4n) is 1.44. The number of amides is 1. The zero-order chi connectivity index (χ0) is 14.6. The summed E-state index contributed by atoms with van der Waals surface area (Å²) in [7, 11) is 0. The Hall–Kier alpha value is -1.29. The molecule has 0 bridgehead atoms. The van der Waals surface area contributed by atoms with Crippen LogP contribution in [0.1, 0.15) is 34.1 Å². The first-order chi connectivity index (χ1) is 8.75. The smallest absolute Gasteiger partial charge is 0.242 e. The molecule has 1 atom stereocenters. The number of anilines is 1. The summed E-state index contributed by atoms with van der Waals surface area (Å²) < 4.78 is 13.5. The number of halogens is 2. The van der Waals surface area contributed by atoms with E-state index in [4.69, 9.17) is 11.6 Å². The zero-order valence-corrected chi connectivity index (χ0v) is 12.4. The van der Waals surface area contributed by atoms with E-state index in [2.05, 4.69) is 10.6 Å². The van der Waals surface area contributed by atoms with Crippen LogP contribution in [0.25, 0.3) is 0 Å². The van der Waals surface area contributed by atoms with Gasteiger partial charge in [-0.25, -0.2) is 4.39 Å². The lowest BCUT2D eigenvalue weighted by Crippen LogP contribution is -2.48. The molecule has 19 heavy (non-hydrogen) atoms. The first-order valence-corrected chi connectivity index (χ1v) is 6.66. The summed E-state index contributed by atoms with van der Waals surface area (Å²) in [5.74, 6) is -0.606. The third-order valence-corrected chi connectivity index (χ3v) is 3.27. The van der Waals surface area contributed by atoms with Crippen molar-refractivity contribution in [1.29, 1.82) is 0 Å². The van der Waals surface area contributed by atoms with E-state index in [1.54, 1.807) is 6.92 Å². The Labute approximate surface area is 118 Å². The normalized spacial score (nSPS) is 12.9. The maximum absolute atomic E-state index is 13.5. The molecule has 0 aliphatic rings. The van der Waals surface area contributed by atoms with Gasteiger partial charge in [-0.15, -0.1) is 0 Å². The molecule has 0 saturated heterocycles. The summed E-state index contributed by atoms with van der Waals surface area (Å²) in [6.45, 7) is 7.56. The van der Waals surface area contributed by atoms with Gasteiger partial charge in [0.2, 0.25) is 5.91 Å². The third-order valence-electron chi connectivity index (χ3n) is 3.04. The summed E-state index contributed by atoms with van der Waals surface area (Å²) in [6, 6.07) is 3.66. The Morgan fingerprint density at radius 3 is 2.68 bits per heavy atom. The SMILES string of the molecule is CCC(C)(C)NC(=O)C(C)Nc1cc(Cl)ccc1F. The lowest BCUT2D eigenvalue weighted by molar-refractivity contribution is -0.123. The molecule has 1 aromatic rings. The topological polar surface area (TPSA) is 41.1 Å². The molecular formula is C14H20ClFN2O. The van der Waals surface area contributed by atoms with E-state index in [0.29, 0.717) is 5.02 Å². The second-order valence-corrected chi connectivity index (χ2v) is 5.65. The highest BCUT2D eigenvalue weighted by Crippen LogP contribution is 2.20. The molecule has 0 fully saturated rings. The summed E-state index contributed by atoms with van der Waals surface area (Å²) in [5.41, 5.74) is -0.0515. The predicted molar refractivity (Wildman–Crippen MR) is 77.0 cm³/mol. The number of rotatable bonds is 5. The summed E-state index contributed by atoms with van der Waals surface area (Å²) in [6.07, 6.45) is 0.816. The highest BCUT2D eigenvalue weighted by molar-refractivity contribution is 6.30. The molecule has 106 valence electrons. The minimum Gasteiger partial charge on any atom is -0.371 e. The van der Waals surface area contributed by atoms with Crippen LogP contribution in [0.4, 0.5) is 10.1 Å². The van der Waals surface area contributed by atoms with Crippen LogP contribution in [0.3, 0.4) is 0 Å². The van der Waals surface area contributed by atoms with Gasteiger partial charge >= 0.3 is 0 Å². The number of nitrogens with one attached hydrogen (secondary N) is 2. The predicted octanol–water partition coefficient (Wildman–Crippen LogP) is 3.58. The van der Waals surface area contributed by atoms with E-state index in [-0.39, 0.29) is 17.1 Å². The molecule has 3 nitrogen and oxygen atoms in total. The van der Waals surface area contributed by atoms with E-state index in [9.17, 15) is 9.18 Å². The molecule has 0 spiro atoms. The molecule has 0 aliphatic carbocycles. The largest absolute Gasteiger partial charge is 0.371 e. The minimum absolute atomic E-state index is 0.175. The molecule has 0 aliphatic heterocycles. The Bertz CT molecular complexity index is 463. The monoisotopic (exact) mass is 286 g/mol. The molecule has 5 heteroatoms. The Morgan fingerprint density at radius 2 is 2.11 bits per heavy atom. The van der Waals surface area contributed by atoms with Crippen LogP contribution in [-0.4, -0.2) is 17.5 Å². The van der Waals surface area contributed by atoms with Gasteiger partial charge < -0.3 is 10.6 Å². The average molecular weight is 287 g/mol. The molecule has 1 amide bonds. The number of benzene rings is 1. The quantitative estimate of drug-likeness (QED) is 0.868. The van der Waals surface area contributed by atoms with E-state index >= 15 is 0 Å². The van der Waals surface area contributed by atoms with Crippen molar-refractivity contribution >= 4 is 23.2 Å². The molecule has 1 rings (SSSR count). The van der Waals surface area contributed by atoms with Gasteiger partial charge in [-0.2, -0.15) is 0 Å². The van der Waals surface area contributed by atoms with Gasteiger partial charge in [0.05, 0.1) is 5.69 Å². The summed E-state index contributed by atoms with van der Waals surface area (Å²) in [4.78, 5) is 12.0. The van der Waals surface area contributed by atoms with Crippen LogP contribution in [0.5, 0.6) is 0 Å². The van der Waals surface area contributed by atoms with Crippen molar-refractivity contribution in [3.8, 4) is 0 Å². The van der Waals surface area contributed by atoms with Crippen molar-refractivity contribution in [1.82, 2.24) is 5.32 Å². The first-order valence-electron chi connectivity index (χ1n) is 6.29. The van der Waals surface area contributed by atoms with E-state index in [1.165, 1.54) is 18.2 Å². The fourth-order valence-corrected chi connectivity index (χ4v) is 1.61. The standard InChI is InChI=1S/C14H20ClFN2O/c1-5-14(3,4)18-13(19)9(2)17-12-8-10(15)6-7-11(12)16/h6-9,17H,5H2,1-4H3,(H,18,19). The van der Waals surface area contributed by atoms with Gasteiger partial charge in [0.25, 0.3) is 0 Å². The minimum atomic E-state index is -0.543. The lowest BCUT2D eigenvalue weighted by atomic mass is 10.0. The van der Waals surface area contributed by atoms with Gasteiger partial charge in [-0.05, 0) is 45.4 Å². The highest BCUT2D eigenvalue weighted by atomic mass is 35.5. The lowest BCUT2D eigenvalue weighted by Gasteiger charge is -2.27. The molecule has 0 saturated carbocycles. The number of carbonyl (C=O) groups is 1. The van der Waals surface area contributed by atoms with Crippen LogP contribution >= 0.6 is 11.6 Å². The maximum Gasteiger partial charge on any atom is 0.242 e. The maximum atomic E-state index is 13.5. The molecule has 1 unspecified atom stereocenters. The molecular weight excluding hydrogens is 267 g/mol. The summed E-state index contributed by atoms with van der Waals surface area (Å²) >= 11 is 5.80. The Balaban J connectivity index is 2.71. The van der Waals surface area contributed by atoms with Crippen LogP contribution in [0.15, 0.2) is 18.2 Å². The number of hydrogen-bond donors (Lipinski definition) is 2. The van der Waals surface area contributed by atoms with E-state index in [0.717, 1.165) is 6.42 Å². The van der Waals surface area contributed by atoms with Crippen molar-refractivity contribution < 1.29 is 9.18 Å². The van der Waals surface area contributed by atoms with Crippen molar-refractivity contribution in [2.45, 2.75) is 45.7 Å². The third kappa shape index (κ3) is 4.71. The molecule has 0 radical (unpaired) electrons. The van der Waals surface area contributed by atoms with Crippen molar-refractivity contribution in [2.75, 3.05) is 5.32 Å². The molecule has 2 N–H and O–H groups in total. The Morgan fingerprint density at radius 1 is 1.47 bits per heavy atom. The van der Waals surface area contributed by atoms with Crippen molar-refractivity contribution in [2.24, 2.45) is 0 Å². The molecule has 0 heterocycles. The van der Waals surface area contributed by atoms with Gasteiger partial charge in [-0.1, -0.05) is 18.5 Å². The second kappa shape index (κ2) is 6.24. The number of carbonyl (C=O) groups excluding carboxylic acids is 1. The van der Waals surface area contributed by atoms with Gasteiger partial charge in [0.1, 0.15) is 11.9 Å². The van der Waals surface area contributed by atoms with E-state index < -0.39 is 11.9 Å². The number of hydrogen-bond acceptors (Lipinski definition) is 2. The van der Waals surface area contributed by atoms with Crippen molar-refractivity contribution in [3.63, 3.8) is 0 Å². The second-order valence-electron chi connectivity index (χ2n) is 5.22. The van der Waals surface area contributed by atoms with Crippen LogP contribution in [0, 0.1) is 5.82 Å². The molecule has 1 aromatic carbocycles. The highest BCUT2D eigenvalue weighted by Gasteiger charge is 2.22. The zero-order valence-electron chi connectivity index (χ0n) is 11.7.